The number of rotatable bonds is 3. The SMILES string of the molecule is Cc1cc2c(NC3CC3)ccc([N+](=O)[O-])c2cn1. The van der Waals surface area contributed by atoms with Crippen LogP contribution in [0.5, 0.6) is 0 Å². The molecule has 5 nitrogen and oxygen atoms in total. The van der Waals surface area contributed by atoms with E-state index >= 15 is 0 Å². The third-order valence-corrected chi connectivity index (χ3v) is 3.15. The molecule has 1 aromatic carbocycles. The number of aryl methyl sites for hydroxylation is 1. The first-order valence-corrected chi connectivity index (χ1v) is 5.95. The molecular formula is C13H13N3O2. The van der Waals surface area contributed by atoms with Crippen molar-refractivity contribution in [3.05, 3.63) is 40.2 Å². The van der Waals surface area contributed by atoms with E-state index in [9.17, 15) is 10.1 Å². The van der Waals surface area contributed by atoms with Gasteiger partial charge in [0.25, 0.3) is 5.69 Å². The number of hydrogen-bond acceptors (Lipinski definition) is 4. The fourth-order valence-electron chi connectivity index (χ4n) is 2.06. The van der Waals surface area contributed by atoms with Gasteiger partial charge in [0.15, 0.2) is 0 Å². The number of pyridine rings is 1. The quantitative estimate of drug-likeness (QED) is 0.664. The summed E-state index contributed by atoms with van der Waals surface area (Å²) in [5, 5.41) is 15.9. The Morgan fingerprint density at radius 2 is 2.17 bits per heavy atom. The summed E-state index contributed by atoms with van der Waals surface area (Å²) in [5.41, 5.74) is 1.93. The highest BCUT2D eigenvalue weighted by Crippen LogP contribution is 2.34. The number of nitrogens with zero attached hydrogens (tertiary/aromatic N) is 2. The van der Waals surface area contributed by atoms with E-state index in [-0.39, 0.29) is 10.6 Å². The fraction of sp³-hybridized carbons (Fsp3) is 0.308. The van der Waals surface area contributed by atoms with Gasteiger partial charge in [-0.05, 0) is 31.9 Å². The van der Waals surface area contributed by atoms with Crippen molar-refractivity contribution < 1.29 is 4.92 Å². The zero-order valence-corrected chi connectivity index (χ0v) is 10.0. The van der Waals surface area contributed by atoms with Crippen molar-refractivity contribution in [2.24, 2.45) is 0 Å². The Bertz CT molecular complexity index is 635. The summed E-state index contributed by atoms with van der Waals surface area (Å²) >= 11 is 0. The van der Waals surface area contributed by atoms with Gasteiger partial charge in [0.2, 0.25) is 0 Å². The van der Waals surface area contributed by atoms with Crippen molar-refractivity contribution in [2.45, 2.75) is 25.8 Å². The lowest BCUT2D eigenvalue weighted by Crippen LogP contribution is -2.02. The van der Waals surface area contributed by atoms with Gasteiger partial charge in [-0.2, -0.15) is 0 Å². The predicted octanol–water partition coefficient (Wildman–Crippen LogP) is 3.03. The predicted molar refractivity (Wildman–Crippen MR) is 69.8 cm³/mol. The molecule has 0 amide bonds. The number of nitro benzene ring substituents is 1. The zero-order valence-electron chi connectivity index (χ0n) is 10.0. The topological polar surface area (TPSA) is 68.1 Å². The second kappa shape index (κ2) is 3.94. The summed E-state index contributed by atoms with van der Waals surface area (Å²) in [7, 11) is 0. The van der Waals surface area contributed by atoms with E-state index < -0.39 is 0 Å². The van der Waals surface area contributed by atoms with Crippen LogP contribution in [0, 0.1) is 17.0 Å². The van der Waals surface area contributed by atoms with Crippen molar-refractivity contribution in [2.75, 3.05) is 5.32 Å². The number of anilines is 1. The van der Waals surface area contributed by atoms with Crippen molar-refractivity contribution in [3.63, 3.8) is 0 Å². The summed E-state index contributed by atoms with van der Waals surface area (Å²) < 4.78 is 0. The van der Waals surface area contributed by atoms with Crippen LogP contribution in [0.25, 0.3) is 10.8 Å². The van der Waals surface area contributed by atoms with E-state index in [1.54, 1.807) is 18.3 Å². The van der Waals surface area contributed by atoms with Crippen molar-refractivity contribution in [1.29, 1.82) is 0 Å². The van der Waals surface area contributed by atoms with E-state index in [0.717, 1.165) is 16.8 Å². The molecule has 0 spiro atoms. The average molecular weight is 243 g/mol. The molecule has 1 heterocycles. The molecule has 0 aliphatic heterocycles. The van der Waals surface area contributed by atoms with Crippen LogP contribution in [-0.4, -0.2) is 15.9 Å². The smallest absolute Gasteiger partial charge is 0.278 e. The lowest BCUT2D eigenvalue weighted by atomic mass is 10.1. The van der Waals surface area contributed by atoms with Gasteiger partial charge in [0.1, 0.15) is 0 Å². The first-order valence-electron chi connectivity index (χ1n) is 5.95. The standard InChI is InChI=1S/C13H13N3O2/c1-8-6-10-11(7-14-8)13(16(17)18)5-4-12(10)15-9-2-3-9/h4-7,9,15H,2-3H2,1H3. The molecule has 0 radical (unpaired) electrons. The van der Waals surface area contributed by atoms with Crippen LogP contribution in [0.3, 0.4) is 0 Å². The fourth-order valence-corrected chi connectivity index (χ4v) is 2.06. The second-order valence-corrected chi connectivity index (χ2v) is 4.68. The van der Waals surface area contributed by atoms with Crippen LogP contribution in [0.2, 0.25) is 0 Å². The Labute approximate surface area is 104 Å². The third kappa shape index (κ3) is 1.88. The van der Waals surface area contributed by atoms with Gasteiger partial charge in [-0.25, -0.2) is 0 Å². The Morgan fingerprint density at radius 3 is 2.83 bits per heavy atom. The van der Waals surface area contributed by atoms with E-state index in [1.807, 2.05) is 13.0 Å². The Kier molecular flexibility index (Phi) is 2.40. The molecular weight excluding hydrogens is 230 g/mol. The van der Waals surface area contributed by atoms with Crippen LogP contribution in [-0.2, 0) is 0 Å². The van der Waals surface area contributed by atoms with Crippen LogP contribution in [0.15, 0.2) is 24.4 Å². The molecule has 1 aliphatic rings. The molecule has 1 fully saturated rings. The number of non-ortho nitro benzene ring substituents is 1. The molecule has 2 aromatic rings. The monoisotopic (exact) mass is 243 g/mol. The lowest BCUT2D eigenvalue weighted by molar-refractivity contribution is -0.383. The minimum Gasteiger partial charge on any atom is -0.382 e. The van der Waals surface area contributed by atoms with E-state index in [0.29, 0.717) is 11.4 Å². The second-order valence-electron chi connectivity index (χ2n) is 4.68. The maximum atomic E-state index is 11.0. The van der Waals surface area contributed by atoms with Gasteiger partial charge in [0.05, 0.1) is 10.3 Å². The van der Waals surface area contributed by atoms with Gasteiger partial charge in [-0.15, -0.1) is 0 Å². The van der Waals surface area contributed by atoms with Crippen LogP contribution < -0.4 is 5.32 Å². The zero-order chi connectivity index (χ0) is 12.7. The van der Waals surface area contributed by atoms with Crippen LogP contribution >= 0.6 is 0 Å². The normalized spacial score (nSPS) is 14.7. The number of benzene rings is 1. The number of aromatic nitrogens is 1. The Hall–Kier alpha value is -2.17. The minimum atomic E-state index is -0.361. The van der Waals surface area contributed by atoms with Crippen molar-refractivity contribution >= 4 is 22.1 Å². The molecule has 0 atom stereocenters. The maximum Gasteiger partial charge on any atom is 0.278 e. The van der Waals surface area contributed by atoms with E-state index in [2.05, 4.69) is 10.3 Å². The number of hydrogen-bond donors (Lipinski definition) is 1. The van der Waals surface area contributed by atoms with Gasteiger partial charge < -0.3 is 5.32 Å². The summed E-state index contributed by atoms with van der Waals surface area (Å²) in [6.45, 7) is 1.89. The molecule has 1 aliphatic carbocycles. The molecule has 1 saturated carbocycles. The van der Waals surface area contributed by atoms with Crippen molar-refractivity contribution in [1.82, 2.24) is 4.98 Å². The summed E-state index contributed by atoms with van der Waals surface area (Å²) in [6, 6.07) is 5.75. The molecule has 1 aromatic heterocycles. The molecule has 0 saturated heterocycles. The largest absolute Gasteiger partial charge is 0.382 e. The molecule has 5 heteroatoms. The molecule has 0 bridgehead atoms. The number of nitro groups is 1. The molecule has 1 N–H and O–H groups in total. The molecule has 0 unspecified atom stereocenters. The van der Waals surface area contributed by atoms with Crippen LogP contribution in [0.1, 0.15) is 18.5 Å². The molecule has 3 rings (SSSR count). The Balaban J connectivity index is 2.21. The van der Waals surface area contributed by atoms with Crippen LogP contribution in [0.4, 0.5) is 11.4 Å². The van der Waals surface area contributed by atoms with Gasteiger partial charge >= 0.3 is 0 Å². The molecule has 92 valence electrons. The van der Waals surface area contributed by atoms with Gasteiger partial charge in [0, 0.05) is 35.1 Å². The van der Waals surface area contributed by atoms with Gasteiger partial charge in [-0.1, -0.05) is 0 Å². The number of nitrogens with one attached hydrogen (secondary N) is 1. The number of fused-ring (bicyclic) bond motifs is 1. The minimum absolute atomic E-state index is 0.110. The van der Waals surface area contributed by atoms with E-state index in [4.69, 9.17) is 0 Å². The van der Waals surface area contributed by atoms with E-state index in [1.165, 1.54) is 12.8 Å². The van der Waals surface area contributed by atoms with Gasteiger partial charge in [-0.3, -0.25) is 15.1 Å². The highest BCUT2D eigenvalue weighted by atomic mass is 16.6. The average Bonchev–Trinajstić information content (AvgIpc) is 3.13. The van der Waals surface area contributed by atoms with Crippen molar-refractivity contribution in [3.8, 4) is 0 Å². The lowest BCUT2D eigenvalue weighted by Gasteiger charge is -2.09. The summed E-state index contributed by atoms with van der Waals surface area (Å²) in [6.07, 6.45) is 3.92. The molecule has 18 heavy (non-hydrogen) atoms. The first kappa shape index (κ1) is 11.0. The Morgan fingerprint density at radius 1 is 1.39 bits per heavy atom. The maximum absolute atomic E-state index is 11.0. The third-order valence-electron chi connectivity index (χ3n) is 3.15. The highest BCUT2D eigenvalue weighted by Gasteiger charge is 2.23. The summed E-state index contributed by atoms with van der Waals surface area (Å²) in [5.74, 6) is 0. The highest BCUT2D eigenvalue weighted by molar-refractivity contribution is 5.99. The summed E-state index contributed by atoms with van der Waals surface area (Å²) in [4.78, 5) is 14.8. The first-order chi connectivity index (χ1) is 8.65.